The molecule has 7 heteroatoms. The van der Waals surface area contributed by atoms with Gasteiger partial charge in [0, 0.05) is 22.6 Å². The van der Waals surface area contributed by atoms with Crippen molar-refractivity contribution in [3.05, 3.63) is 52.9 Å². The summed E-state index contributed by atoms with van der Waals surface area (Å²) < 4.78 is 5.13. The number of carbonyl (C=O) groups is 3. The first-order valence-electron chi connectivity index (χ1n) is 7.52. The second kappa shape index (κ2) is 8.25. The molecule has 6 nitrogen and oxygen atoms in total. The number of rotatable bonds is 6. The van der Waals surface area contributed by atoms with Crippen molar-refractivity contribution in [2.24, 2.45) is 0 Å². The highest BCUT2D eigenvalue weighted by atomic mass is 32.1. The van der Waals surface area contributed by atoms with Gasteiger partial charge in [-0.3, -0.25) is 4.79 Å². The van der Waals surface area contributed by atoms with Gasteiger partial charge in [0.1, 0.15) is 10.6 Å². The highest BCUT2D eigenvalue weighted by Crippen LogP contribution is 2.40. The predicted molar refractivity (Wildman–Crippen MR) is 95.9 cm³/mol. The second-order valence-electron chi connectivity index (χ2n) is 4.98. The minimum atomic E-state index is -1.23. The standard InChI is InChI=1S/C18H17NO5S/c1-3-24-18(23)16-15(12-7-5-4-6-8-12)11(2)25-17(16)19-13(20)9-10-14(21)22/h4-10H,3H2,1-2H3,(H,19,20)(H,21,22)/b10-9-. The average molecular weight is 359 g/mol. The van der Waals surface area contributed by atoms with Gasteiger partial charge in [-0.1, -0.05) is 30.3 Å². The first kappa shape index (κ1) is 18.4. The monoisotopic (exact) mass is 359 g/mol. The lowest BCUT2D eigenvalue weighted by molar-refractivity contribution is -0.131. The molecule has 0 aliphatic heterocycles. The third-order valence-electron chi connectivity index (χ3n) is 3.24. The molecule has 2 aromatic rings. The molecule has 0 unspecified atom stereocenters. The minimum Gasteiger partial charge on any atom is -0.478 e. The number of esters is 1. The van der Waals surface area contributed by atoms with E-state index >= 15 is 0 Å². The zero-order valence-corrected chi connectivity index (χ0v) is 14.6. The van der Waals surface area contributed by atoms with E-state index in [1.807, 2.05) is 37.3 Å². The summed E-state index contributed by atoms with van der Waals surface area (Å²) >= 11 is 1.24. The smallest absolute Gasteiger partial charge is 0.341 e. The SMILES string of the molecule is CCOC(=O)c1c(NC(=O)/C=C\C(=O)O)sc(C)c1-c1ccccc1. The molecule has 0 bridgehead atoms. The number of aliphatic carboxylic acids is 1. The van der Waals surface area contributed by atoms with Crippen molar-refractivity contribution in [1.29, 1.82) is 0 Å². The Morgan fingerprint density at radius 3 is 2.48 bits per heavy atom. The maximum atomic E-state index is 12.4. The molecule has 2 rings (SSSR count). The van der Waals surface area contributed by atoms with Crippen LogP contribution in [0, 0.1) is 6.92 Å². The van der Waals surface area contributed by atoms with Gasteiger partial charge in [0.2, 0.25) is 5.91 Å². The highest BCUT2D eigenvalue weighted by molar-refractivity contribution is 7.17. The van der Waals surface area contributed by atoms with Gasteiger partial charge >= 0.3 is 11.9 Å². The Bertz CT molecular complexity index is 823. The zero-order chi connectivity index (χ0) is 18.4. The van der Waals surface area contributed by atoms with Crippen LogP contribution in [0.1, 0.15) is 22.2 Å². The van der Waals surface area contributed by atoms with Crippen LogP contribution in [0.15, 0.2) is 42.5 Å². The van der Waals surface area contributed by atoms with Gasteiger partial charge in [-0.25, -0.2) is 9.59 Å². The fourth-order valence-electron chi connectivity index (χ4n) is 2.28. The molecule has 130 valence electrons. The van der Waals surface area contributed by atoms with Gasteiger partial charge in [0.15, 0.2) is 0 Å². The van der Waals surface area contributed by atoms with E-state index in [-0.39, 0.29) is 12.2 Å². The molecule has 0 spiro atoms. The van der Waals surface area contributed by atoms with Crippen LogP contribution in [0.3, 0.4) is 0 Å². The molecule has 0 saturated carbocycles. The molecule has 25 heavy (non-hydrogen) atoms. The van der Waals surface area contributed by atoms with Gasteiger partial charge in [-0.2, -0.15) is 0 Å². The molecule has 1 heterocycles. The summed E-state index contributed by atoms with van der Waals surface area (Å²) in [6.45, 7) is 3.75. The van der Waals surface area contributed by atoms with E-state index < -0.39 is 17.8 Å². The summed E-state index contributed by atoms with van der Waals surface area (Å²) in [4.78, 5) is 35.7. The van der Waals surface area contributed by atoms with Crippen molar-refractivity contribution in [1.82, 2.24) is 0 Å². The first-order valence-corrected chi connectivity index (χ1v) is 8.33. The van der Waals surface area contributed by atoms with Gasteiger partial charge in [0.25, 0.3) is 0 Å². The van der Waals surface area contributed by atoms with Crippen molar-refractivity contribution in [2.45, 2.75) is 13.8 Å². The lowest BCUT2D eigenvalue weighted by Gasteiger charge is -2.08. The Balaban J connectivity index is 2.48. The van der Waals surface area contributed by atoms with Crippen LogP contribution in [-0.2, 0) is 14.3 Å². The quantitative estimate of drug-likeness (QED) is 0.608. The van der Waals surface area contributed by atoms with Crippen LogP contribution in [0.5, 0.6) is 0 Å². The number of carboxylic acid groups (broad SMARTS) is 1. The van der Waals surface area contributed by atoms with Gasteiger partial charge < -0.3 is 15.2 Å². The van der Waals surface area contributed by atoms with E-state index in [1.54, 1.807) is 6.92 Å². The molecular weight excluding hydrogens is 342 g/mol. The lowest BCUT2D eigenvalue weighted by atomic mass is 10.0. The van der Waals surface area contributed by atoms with Crippen LogP contribution in [-0.4, -0.2) is 29.6 Å². The number of anilines is 1. The van der Waals surface area contributed by atoms with E-state index in [2.05, 4.69) is 5.32 Å². The normalized spacial score (nSPS) is 10.6. The summed E-state index contributed by atoms with van der Waals surface area (Å²) in [5, 5.41) is 11.5. The molecule has 1 aromatic carbocycles. The van der Waals surface area contributed by atoms with Crippen LogP contribution in [0.2, 0.25) is 0 Å². The molecule has 0 aliphatic carbocycles. The number of amides is 1. The van der Waals surface area contributed by atoms with Crippen molar-refractivity contribution < 1.29 is 24.2 Å². The summed E-state index contributed by atoms with van der Waals surface area (Å²) in [6.07, 6.45) is 1.63. The third kappa shape index (κ3) is 4.54. The van der Waals surface area contributed by atoms with Crippen LogP contribution < -0.4 is 5.32 Å². The Labute approximate surface area is 148 Å². The number of aryl methyl sites for hydroxylation is 1. The van der Waals surface area contributed by atoms with E-state index in [0.717, 1.165) is 22.6 Å². The molecule has 0 fully saturated rings. The Kier molecular flexibility index (Phi) is 6.08. The fourth-order valence-corrected chi connectivity index (χ4v) is 3.35. The maximum Gasteiger partial charge on any atom is 0.341 e. The van der Waals surface area contributed by atoms with Crippen molar-refractivity contribution in [3.8, 4) is 11.1 Å². The third-order valence-corrected chi connectivity index (χ3v) is 4.26. The van der Waals surface area contributed by atoms with Crippen LogP contribution in [0.25, 0.3) is 11.1 Å². The molecule has 0 saturated heterocycles. The van der Waals surface area contributed by atoms with E-state index in [9.17, 15) is 14.4 Å². The van der Waals surface area contributed by atoms with Crippen molar-refractivity contribution in [2.75, 3.05) is 11.9 Å². The number of benzene rings is 1. The summed E-state index contributed by atoms with van der Waals surface area (Å²) in [5.41, 5.74) is 1.80. The largest absolute Gasteiger partial charge is 0.478 e. The number of ether oxygens (including phenoxy) is 1. The molecule has 0 atom stereocenters. The topological polar surface area (TPSA) is 92.7 Å². The zero-order valence-electron chi connectivity index (χ0n) is 13.7. The Morgan fingerprint density at radius 1 is 1.20 bits per heavy atom. The second-order valence-corrected chi connectivity index (χ2v) is 6.21. The Hall–Kier alpha value is -2.93. The van der Waals surface area contributed by atoms with Crippen LogP contribution in [0.4, 0.5) is 5.00 Å². The van der Waals surface area contributed by atoms with E-state index in [1.165, 1.54) is 11.3 Å². The van der Waals surface area contributed by atoms with Gasteiger partial charge in [-0.05, 0) is 19.4 Å². The molecular formula is C18H17NO5S. The van der Waals surface area contributed by atoms with E-state index in [4.69, 9.17) is 9.84 Å². The summed E-state index contributed by atoms with van der Waals surface area (Å²) in [5.74, 6) is -2.40. The number of carbonyl (C=O) groups excluding carboxylic acids is 2. The number of carboxylic acids is 1. The average Bonchev–Trinajstić information content (AvgIpc) is 2.90. The molecule has 0 radical (unpaired) electrons. The molecule has 0 aliphatic rings. The number of nitrogens with one attached hydrogen (secondary N) is 1. The number of thiophene rings is 1. The molecule has 1 amide bonds. The molecule has 2 N–H and O–H groups in total. The van der Waals surface area contributed by atoms with Crippen molar-refractivity contribution >= 4 is 34.2 Å². The van der Waals surface area contributed by atoms with Gasteiger partial charge in [-0.15, -0.1) is 11.3 Å². The number of hydrogen-bond acceptors (Lipinski definition) is 5. The highest BCUT2D eigenvalue weighted by Gasteiger charge is 2.25. The predicted octanol–water partition coefficient (Wildman–Crippen LogP) is 3.48. The van der Waals surface area contributed by atoms with Gasteiger partial charge in [0.05, 0.1) is 6.61 Å². The van der Waals surface area contributed by atoms with E-state index in [0.29, 0.717) is 10.6 Å². The number of hydrogen-bond donors (Lipinski definition) is 2. The Morgan fingerprint density at radius 2 is 1.88 bits per heavy atom. The van der Waals surface area contributed by atoms with Crippen LogP contribution >= 0.6 is 11.3 Å². The van der Waals surface area contributed by atoms with Crippen molar-refractivity contribution in [3.63, 3.8) is 0 Å². The maximum absolute atomic E-state index is 12.4. The summed E-state index contributed by atoms with van der Waals surface area (Å²) in [6, 6.07) is 9.32. The molecule has 1 aromatic heterocycles. The fraction of sp³-hybridized carbons (Fsp3) is 0.167. The summed E-state index contributed by atoms with van der Waals surface area (Å²) in [7, 11) is 0. The lowest BCUT2D eigenvalue weighted by Crippen LogP contribution is -2.13. The minimum absolute atomic E-state index is 0.203. The first-order chi connectivity index (χ1) is 11.9.